The first kappa shape index (κ1) is 23.2. The van der Waals surface area contributed by atoms with Gasteiger partial charge in [-0.1, -0.05) is 0 Å². The van der Waals surface area contributed by atoms with Crippen molar-refractivity contribution in [3.8, 4) is 11.4 Å². The Morgan fingerprint density at radius 1 is 1.28 bits per heavy atom. The third-order valence-corrected chi connectivity index (χ3v) is 7.68. The van der Waals surface area contributed by atoms with Gasteiger partial charge in [0, 0.05) is 38.5 Å². The minimum absolute atomic E-state index is 0.0458. The Bertz CT molecular complexity index is 1280. The van der Waals surface area contributed by atoms with Gasteiger partial charge >= 0.3 is 6.03 Å². The molecule has 1 saturated carbocycles. The number of alkyl halides is 1. The number of hydrogen-bond donors (Lipinski definition) is 2. The number of halogens is 1. The molecule has 192 valence electrons. The van der Waals surface area contributed by atoms with Gasteiger partial charge in [-0.3, -0.25) is 14.8 Å². The molecule has 0 bridgehead atoms. The molecule has 11 heteroatoms. The third-order valence-electron chi connectivity index (χ3n) is 7.68. The predicted molar refractivity (Wildman–Crippen MR) is 135 cm³/mol. The summed E-state index contributed by atoms with van der Waals surface area (Å²) in [5, 5.41) is 15.8. The van der Waals surface area contributed by atoms with E-state index in [2.05, 4.69) is 25.4 Å². The van der Waals surface area contributed by atoms with Crippen molar-refractivity contribution in [3.05, 3.63) is 18.5 Å². The fraction of sp³-hybridized carbons (Fsp3) is 0.600. The highest BCUT2D eigenvalue weighted by Gasteiger charge is 2.51. The van der Waals surface area contributed by atoms with Crippen molar-refractivity contribution in [1.29, 1.82) is 0 Å². The van der Waals surface area contributed by atoms with Crippen molar-refractivity contribution in [3.63, 3.8) is 0 Å². The topological polar surface area (TPSA) is 104 Å². The molecule has 0 unspecified atom stereocenters. The molecular weight excluding hydrogens is 463 g/mol. The first-order valence-corrected chi connectivity index (χ1v) is 12.7. The van der Waals surface area contributed by atoms with Gasteiger partial charge in [-0.05, 0) is 52.0 Å². The van der Waals surface area contributed by atoms with Crippen molar-refractivity contribution >= 4 is 28.4 Å². The summed E-state index contributed by atoms with van der Waals surface area (Å²) < 4.78 is 21.8. The SMILES string of the molecule is COC1CN(c2nn(CC(C)(C)F)c3cc(-c4[nH]ncc4NC(=O)N4CCCCC45CC5)ncc23)C1. The number of hydrogen-bond acceptors (Lipinski definition) is 6. The number of carbonyl (C=O) groups excluding carboxylic acids is 1. The Hall–Kier alpha value is -3.21. The zero-order chi connectivity index (χ0) is 25.1. The van der Waals surface area contributed by atoms with Crippen LogP contribution in [-0.4, -0.2) is 79.9 Å². The van der Waals surface area contributed by atoms with Crippen LogP contribution in [0, 0.1) is 0 Å². The van der Waals surface area contributed by atoms with Gasteiger partial charge in [0.1, 0.15) is 11.4 Å². The van der Waals surface area contributed by atoms with Gasteiger partial charge in [-0.25, -0.2) is 9.18 Å². The summed E-state index contributed by atoms with van der Waals surface area (Å²) in [5.74, 6) is 0.777. The lowest BCUT2D eigenvalue weighted by atomic mass is 10.0. The molecule has 0 radical (unpaired) electrons. The molecule has 0 atom stereocenters. The summed E-state index contributed by atoms with van der Waals surface area (Å²) in [5.41, 5.74) is 1.19. The molecule has 2 saturated heterocycles. The van der Waals surface area contributed by atoms with E-state index in [1.54, 1.807) is 38.0 Å². The molecule has 3 aliphatic rings. The van der Waals surface area contributed by atoms with Crippen LogP contribution in [0.5, 0.6) is 0 Å². The molecule has 3 fully saturated rings. The molecule has 2 aliphatic heterocycles. The smallest absolute Gasteiger partial charge is 0.322 e. The van der Waals surface area contributed by atoms with Crippen LogP contribution in [0.25, 0.3) is 22.3 Å². The van der Waals surface area contributed by atoms with Crippen molar-refractivity contribution < 1.29 is 13.9 Å². The van der Waals surface area contributed by atoms with E-state index < -0.39 is 5.67 Å². The molecule has 3 aromatic rings. The van der Waals surface area contributed by atoms with Crippen molar-refractivity contribution in [2.24, 2.45) is 0 Å². The van der Waals surface area contributed by atoms with Crippen LogP contribution in [0.15, 0.2) is 18.5 Å². The molecule has 2 amide bonds. The summed E-state index contributed by atoms with van der Waals surface area (Å²) in [6, 6.07) is 1.80. The number of rotatable bonds is 6. The third kappa shape index (κ3) is 4.08. The maximum Gasteiger partial charge on any atom is 0.322 e. The molecule has 5 heterocycles. The molecule has 10 nitrogen and oxygen atoms in total. The number of nitrogens with one attached hydrogen (secondary N) is 2. The van der Waals surface area contributed by atoms with Gasteiger partial charge < -0.3 is 19.9 Å². The number of likely N-dealkylation sites (tertiary alicyclic amines) is 1. The highest BCUT2D eigenvalue weighted by Crippen LogP contribution is 2.48. The normalized spacial score (nSPS) is 19.7. The fourth-order valence-electron chi connectivity index (χ4n) is 5.50. The van der Waals surface area contributed by atoms with E-state index in [-0.39, 0.29) is 24.2 Å². The van der Waals surface area contributed by atoms with Crippen LogP contribution in [-0.2, 0) is 11.3 Å². The van der Waals surface area contributed by atoms with Crippen molar-refractivity contribution in [2.45, 2.75) is 69.8 Å². The van der Waals surface area contributed by atoms with Gasteiger partial charge in [0.2, 0.25) is 0 Å². The largest absolute Gasteiger partial charge is 0.378 e. The standard InChI is InChI=1S/C25H33FN8O2/c1-24(2,26)15-34-20-10-18(27-11-17(20)22(31-34)32-13-16(14-32)36-3)21-19(12-28-30-21)29-23(35)33-9-5-4-6-25(33)7-8-25/h10-12,16H,4-9,13-15H2,1-3H3,(H,28,30)(H,29,35). The monoisotopic (exact) mass is 496 g/mol. The summed E-state index contributed by atoms with van der Waals surface area (Å²) >= 11 is 0. The number of piperidine rings is 1. The number of pyridine rings is 1. The summed E-state index contributed by atoms with van der Waals surface area (Å²) in [6.45, 7) is 5.45. The Morgan fingerprint density at radius 2 is 2.08 bits per heavy atom. The van der Waals surface area contributed by atoms with Crippen LogP contribution >= 0.6 is 0 Å². The summed E-state index contributed by atoms with van der Waals surface area (Å²) in [7, 11) is 1.70. The molecule has 6 rings (SSSR count). The lowest BCUT2D eigenvalue weighted by Crippen LogP contribution is -2.52. The first-order valence-electron chi connectivity index (χ1n) is 12.7. The van der Waals surface area contributed by atoms with E-state index in [0.29, 0.717) is 17.1 Å². The van der Waals surface area contributed by atoms with Gasteiger partial charge in [-0.15, -0.1) is 0 Å². The van der Waals surface area contributed by atoms with E-state index in [9.17, 15) is 9.18 Å². The zero-order valence-corrected chi connectivity index (χ0v) is 21.1. The van der Waals surface area contributed by atoms with Gasteiger partial charge in [-0.2, -0.15) is 10.2 Å². The average Bonchev–Trinajstić information content (AvgIpc) is 3.26. The number of nitrogens with zero attached hydrogens (tertiary/aromatic N) is 6. The van der Waals surface area contributed by atoms with E-state index >= 15 is 0 Å². The van der Waals surface area contributed by atoms with Gasteiger partial charge in [0.05, 0.1) is 41.1 Å². The number of amides is 2. The fourth-order valence-corrected chi connectivity index (χ4v) is 5.50. The minimum atomic E-state index is -1.44. The first-order chi connectivity index (χ1) is 17.3. The maximum absolute atomic E-state index is 14.7. The molecule has 3 aromatic heterocycles. The van der Waals surface area contributed by atoms with E-state index in [1.807, 2.05) is 11.0 Å². The number of fused-ring (bicyclic) bond motifs is 1. The quantitative estimate of drug-likeness (QED) is 0.536. The van der Waals surface area contributed by atoms with Crippen LogP contribution in [0.1, 0.15) is 46.0 Å². The molecular formula is C25H33FN8O2. The molecule has 2 N–H and O–H groups in total. The number of ether oxygens (including phenoxy) is 1. The number of methoxy groups -OCH3 is 1. The average molecular weight is 497 g/mol. The highest BCUT2D eigenvalue weighted by atomic mass is 19.1. The number of aromatic amines is 1. The number of H-pyrrole nitrogens is 1. The summed E-state index contributed by atoms with van der Waals surface area (Å²) in [4.78, 5) is 22.0. The second-order valence-corrected chi connectivity index (χ2v) is 11.0. The maximum atomic E-state index is 14.7. The highest BCUT2D eigenvalue weighted by molar-refractivity contribution is 5.96. The Morgan fingerprint density at radius 3 is 2.81 bits per heavy atom. The number of anilines is 2. The van der Waals surface area contributed by atoms with Crippen LogP contribution in [0.4, 0.5) is 20.7 Å². The van der Waals surface area contributed by atoms with E-state index in [1.165, 1.54) is 6.42 Å². The molecule has 0 aromatic carbocycles. The van der Waals surface area contributed by atoms with E-state index in [0.717, 1.165) is 62.0 Å². The van der Waals surface area contributed by atoms with Gasteiger partial charge in [0.15, 0.2) is 5.82 Å². The van der Waals surface area contributed by atoms with Crippen molar-refractivity contribution in [1.82, 2.24) is 29.9 Å². The van der Waals surface area contributed by atoms with Crippen LogP contribution in [0.2, 0.25) is 0 Å². The lowest BCUT2D eigenvalue weighted by Gasteiger charge is -2.38. The second-order valence-electron chi connectivity index (χ2n) is 11.0. The predicted octanol–water partition coefficient (Wildman–Crippen LogP) is 3.95. The second kappa shape index (κ2) is 8.43. The molecule has 1 aliphatic carbocycles. The van der Waals surface area contributed by atoms with Crippen LogP contribution in [0.3, 0.4) is 0 Å². The number of carbonyl (C=O) groups is 1. The molecule has 36 heavy (non-hydrogen) atoms. The van der Waals surface area contributed by atoms with E-state index in [4.69, 9.17) is 9.84 Å². The number of urea groups is 1. The Labute approximate surface area is 209 Å². The molecule has 1 spiro atoms. The van der Waals surface area contributed by atoms with Crippen LogP contribution < -0.4 is 10.2 Å². The summed E-state index contributed by atoms with van der Waals surface area (Å²) in [6.07, 6.45) is 9.00. The van der Waals surface area contributed by atoms with Gasteiger partial charge in [0.25, 0.3) is 0 Å². The lowest BCUT2D eigenvalue weighted by molar-refractivity contribution is 0.0783. The van der Waals surface area contributed by atoms with Crippen molar-refractivity contribution in [2.75, 3.05) is 37.0 Å². The minimum Gasteiger partial charge on any atom is -0.378 e. The number of aromatic nitrogens is 5. The Kier molecular flexibility index (Phi) is 5.43. The zero-order valence-electron chi connectivity index (χ0n) is 21.1. The Balaban J connectivity index is 1.31.